The van der Waals surface area contributed by atoms with Gasteiger partial charge in [0, 0.05) is 12.5 Å². The quantitative estimate of drug-likeness (QED) is 0.889. The molecule has 0 spiro atoms. The Labute approximate surface area is 140 Å². The van der Waals surface area contributed by atoms with E-state index < -0.39 is 0 Å². The first-order valence-electron chi connectivity index (χ1n) is 7.68. The van der Waals surface area contributed by atoms with Crippen LogP contribution in [0.3, 0.4) is 0 Å². The number of carbonyl (C=O) groups excluding carboxylic acids is 1. The van der Waals surface area contributed by atoms with Gasteiger partial charge in [-0.25, -0.2) is 4.79 Å². The van der Waals surface area contributed by atoms with E-state index in [9.17, 15) is 4.79 Å². The second-order valence-corrected chi connectivity index (χ2v) is 6.13. The summed E-state index contributed by atoms with van der Waals surface area (Å²) in [4.78, 5) is 12.1. The summed E-state index contributed by atoms with van der Waals surface area (Å²) in [5.74, 6) is 0.978. The topological polar surface area (TPSA) is 50.4 Å². The van der Waals surface area contributed by atoms with Gasteiger partial charge in [0.15, 0.2) is 0 Å². The standard InChI is InChI=1S/C18H19ClN2O2/c1-12(10-13-6-7-17-14(11-13)8-9-23-17)20-18(22)21-16-5-3-2-4-15(16)19/h2-7,11-12H,8-10H2,1H3,(H2,20,21,22). The second kappa shape index (κ2) is 6.92. The van der Waals surface area contributed by atoms with Crippen LogP contribution in [0.4, 0.5) is 10.5 Å². The lowest BCUT2D eigenvalue weighted by Crippen LogP contribution is -2.37. The molecule has 5 heteroatoms. The summed E-state index contributed by atoms with van der Waals surface area (Å²) in [6.07, 6.45) is 1.72. The number of urea groups is 1. The zero-order valence-corrected chi connectivity index (χ0v) is 13.7. The SMILES string of the molecule is CC(Cc1ccc2c(c1)CCO2)NC(=O)Nc1ccccc1Cl. The fourth-order valence-corrected chi connectivity index (χ4v) is 2.90. The number of benzene rings is 2. The third-order valence-corrected chi connectivity index (χ3v) is 4.12. The monoisotopic (exact) mass is 330 g/mol. The number of amides is 2. The number of hydrogen-bond acceptors (Lipinski definition) is 2. The molecule has 0 aromatic heterocycles. The van der Waals surface area contributed by atoms with Crippen molar-refractivity contribution in [3.63, 3.8) is 0 Å². The minimum Gasteiger partial charge on any atom is -0.493 e. The molecule has 0 radical (unpaired) electrons. The van der Waals surface area contributed by atoms with Crippen LogP contribution >= 0.6 is 11.6 Å². The normalized spacial score (nSPS) is 13.8. The largest absolute Gasteiger partial charge is 0.493 e. The van der Waals surface area contributed by atoms with E-state index in [0.717, 1.165) is 25.2 Å². The van der Waals surface area contributed by atoms with Gasteiger partial charge in [0.05, 0.1) is 17.3 Å². The zero-order chi connectivity index (χ0) is 16.2. The van der Waals surface area contributed by atoms with Gasteiger partial charge in [-0.05, 0) is 42.7 Å². The van der Waals surface area contributed by atoms with Crippen LogP contribution in [-0.2, 0) is 12.8 Å². The van der Waals surface area contributed by atoms with Gasteiger partial charge in [-0.2, -0.15) is 0 Å². The van der Waals surface area contributed by atoms with E-state index in [4.69, 9.17) is 16.3 Å². The fraction of sp³-hybridized carbons (Fsp3) is 0.278. The maximum absolute atomic E-state index is 12.1. The van der Waals surface area contributed by atoms with Crippen LogP contribution in [-0.4, -0.2) is 18.7 Å². The summed E-state index contributed by atoms with van der Waals surface area (Å²) in [5, 5.41) is 6.22. The van der Waals surface area contributed by atoms with Crippen molar-refractivity contribution in [1.29, 1.82) is 0 Å². The fourth-order valence-electron chi connectivity index (χ4n) is 2.72. The molecule has 4 nitrogen and oxygen atoms in total. The zero-order valence-electron chi connectivity index (χ0n) is 12.9. The van der Waals surface area contributed by atoms with Gasteiger partial charge in [0.1, 0.15) is 5.75 Å². The number of fused-ring (bicyclic) bond motifs is 1. The highest BCUT2D eigenvalue weighted by Gasteiger charge is 2.14. The minimum absolute atomic E-state index is 0.0119. The number of ether oxygens (including phenoxy) is 1. The smallest absolute Gasteiger partial charge is 0.319 e. The Kier molecular flexibility index (Phi) is 4.72. The molecule has 0 saturated heterocycles. The molecule has 23 heavy (non-hydrogen) atoms. The van der Waals surface area contributed by atoms with E-state index in [1.165, 1.54) is 11.1 Å². The summed E-state index contributed by atoms with van der Waals surface area (Å²) in [7, 11) is 0. The first-order chi connectivity index (χ1) is 11.1. The molecule has 2 amide bonds. The molecule has 3 rings (SSSR count). The molecular formula is C18H19ClN2O2. The molecular weight excluding hydrogens is 312 g/mol. The van der Waals surface area contributed by atoms with Gasteiger partial charge in [-0.15, -0.1) is 0 Å². The summed E-state index contributed by atoms with van der Waals surface area (Å²) in [5.41, 5.74) is 3.04. The Balaban J connectivity index is 1.55. The van der Waals surface area contributed by atoms with Gasteiger partial charge in [-0.1, -0.05) is 35.9 Å². The maximum Gasteiger partial charge on any atom is 0.319 e. The highest BCUT2D eigenvalue weighted by atomic mass is 35.5. The van der Waals surface area contributed by atoms with Crippen LogP contribution in [0, 0.1) is 0 Å². The molecule has 120 valence electrons. The van der Waals surface area contributed by atoms with E-state index in [-0.39, 0.29) is 12.1 Å². The molecule has 1 aliphatic rings. The number of anilines is 1. The van der Waals surface area contributed by atoms with Crippen molar-refractivity contribution in [1.82, 2.24) is 5.32 Å². The Morgan fingerprint density at radius 1 is 1.30 bits per heavy atom. The van der Waals surface area contributed by atoms with Crippen LogP contribution in [0.2, 0.25) is 5.02 Å². The highest BCUT2D eigenvalue weighted by Crippen LogP contribution is 2.26. The van der Waals surface area contributed by atoms with Crippen molar-refractivity contribution in [2.24, 2.45) is 0 Å². The van der Waals surface area contributed by atoms with Gasteiger partial charge in [0.2, 0.25) is 0 Å². The lowest BCUT2D eigenvalue weighted by molar-refractivity contribution is 0.249. The predicted octanol–water partition coefficient (Wildman–Crippen LogP) is 4.03. The second-order valence-electron chi connectivity index (χ2n) is 5.72. The van der Waals surface area contributed by atoms with E-state index >= 15 is 0 Å². The molecule has 2 aromatic carbocycles. The number of carbonyl (C=O) groups is 1. The van der Waals surface area contributed by atoms with Crippen molar-refractivity contribution < 1.29 is 9.53 Å². The van der Waals surface area contributed by atoms with Gasteiger partial charge < -0.3 is 15.4 Å². The molecule has 1 atom stereocenters. The molecule has 0 aliphatic carbocycles. The average molecular weight is 331 g/mol. The molecule has 0 fully saturated rings. The molecule has 2 N–H and O–H groups in total. The summed E-state index contributed by atoms with van der Waals surface area (Å²) < 4.78 is 5.51. The maximum atomic E-state index is 12.1. The third-order valence-electron chi connectivity index (χ3n) is 3.80. The van der Waals surface area contributed by atoms with E-state index in [2.05, 4.69) is 16.7 Å². The lowest BCUT2D eigenvalue weighted by atomic mass is 10.0. The Morgan fingerprint density at radius 2 is 2.13 bits per heavy atom. The van der Waals surface area contributed by atoms with Crippen molar-refractivity contribution in [3.8, 4) is 5.75 Å². The lowest BCUT2D eigenvalue weighted by Gasteiger charge is -2.15. The molecule has 1 aliphatic heterocycles. The van der Waals surface area contributed by atoms with Gasteiger partial charge >= 0.3 is 6.03 Å². The van der Waals surface area contributed by atoms with Crippen LogP contribution < -0.4 is 15.4 Å². The Morgan fingerprint density at radius 3 is 2.96 bits per heavy atom. The predicted molar refractivity (Wildman–Crippen MR) is 92.4 cm³/mol. The van der Waals surface area contributed by atoms with Crippen molar-refractivity contribution >= 4 is 23.3 Å². The Hall–Kier alpha value is -2.20. The summed E-state index contributed by atoms with van der Waals surface area (Å²) in [6.45, 7) is 2.74. The molecule has 1 unspecified atom stereocenters. The average Bonchev–Trinajstić information content (AvgIpc) is 2.97. The first kappa shape index (κ1) is 15.7. The molecule has 0 saturated carbocycles. The van der Waals surface area contributed by atoms with Crippen LogP contribution in [0.25, 0.3) is 0 Å². The van der Waals surface area contributed by atoms with Crippen LogP contribution in [0.5, 0.6) is 5.75 Å². The van der Waals surface area contributed by atoms with E-state index in [0.29, 0.717) is 10.7 Å². The number of rotatable bonds is 4. The summed E-state index contributed by atoms with van der Waals surface area (Å²) >= 11 is 6.03. The summed E-state index contributed by atoms with van der Waals surface area (Å²) in [6, 6.07) is 13.1. The molecule has 2 aromatic rings. The van der Waals surface area contributed by atoms with Crippen molar-refractivity contribution in [3.05, 3.63) is 58.6 Å². The molecule has 1 heterocycles. The van der Waals surface area contributed by atoms with E-state index in [1.54, 1.807) is 12.1 Å². The number of para-hydroxylation sites is 1. The first-order valence-corrected chi connectivity index (χ1v) is 8.06. The van der Waals surface area contributed by atoms with Crippen LogP contribution in [0.1, 0.15) is 18.1 Å². The van der Waals surface area contributed by atoms with Crippen molar-refractivity contribution in [2.45, 2.75) is 25.8 Å². The van der Waals surface area contributed by atoms with E-state index in [1.807, 2.05) is 31.2 Å². The van der Waals surface area contributed by atoms with Crippen LogP contribution in [0.15, 0.2) is 42.5 Å². The number of hydrogen-bond donors (Lipinski definition) is 2. The number of halogens is 1. The minimum atomic E-state index is -0.255. The van der Waals surface area contributed by atoms with Gasteiger partial charge in [-0.3, -0.25) is 0 Å². The van der Waals surface area contributed by atoms with Crippen molar-refractivity contribution in [2.75, 3.05) is 11.9 Å². The third kappa shape index (κ3) is 3.96. The van der Waals surface area contributed by atoms with Gasteiger partial charge in [0.25, 0.3) is 0 Å². The number of nitrogens with one attached hydrogen (secondary N) is 2. The Bertz CT molecular complexity index is 718. The molecule has 0 bridgehead atoms. The highest BCUT2D eigenvalue weighted by molar-refractivity contribution is 6.33.